The summed E-state index contributed by atoms with van der Waals surface area (Å²) in [5.74, 6) is -0.236. The van der Waals surface area contributed by atoms with Crippen LogP contribution in [0.25, 0.3) is 0 Å². The Kier molecular flexibility index (Phi) is 5.05. The number of aliphatic hydroxyl groups excluding tert-OH is 1. The molecule has 0 spiro atoms. The van der Waals surface area contributed by atoms with Gasteiger partial charge in [0.1, 0.15) is 5.82 Å². The first-order valence-electron chi connectivity index (χ1n) is 5.26. The number of hydrogen-bond donors (Lipinski definition) is 1. The average molecular weight is 208 g/mol. The van der Waals surface area contributed by atoms with Gasteiger partial charge in [0.15, 0.2) is 0 Å². The normalized spacial score (nSPS) is 12.4. The van der Waals surface area contributed by atoms with E-state index < -0.39 is 0 Å². The molecule has 0 saturated carbocycles. The largest absolute Gasteiger partial charge is 0.393 e. The molecule has 0 saturated heterocycles. The molecule has 2 heteroatoms. The van der Waals surface area contributed by atoms with E-state index in [4.69, 9.17) is 0 Å². The maximum absolute atomic E-state index is 12.6. The van der Waals surface area contributed by atoms with Crippen LogP contribution in [-0.4, -0.2) is 11.2 Å². The lowest BCUT2D eigenvalue weighted by Gasteiger charge is -2.09. The Morgan fingerprint density at radius 2 is 2.00 bits per heavy atom. The maximum atomic E-state index is 12.6. The van der Waals surface area contributed by atoms with E-state index in [2.05, 4.69) is 6.58 Å². The van der Waals surface area contributed by atoms with Gasteiger partial charge in [0.2, 0.25) is 0 Å². The second-order valence-electron chi connectivity index (χ2n) is 3.70. The van der Waals surface area contributed by atoms with Gasteiger partial charge in [-0.05, 0) is 43.4 Å². The summed E-state index contributed by atoms with van der Waals surface area (Å²) in [6, 6.07) is 6.27. The second-order valence-corrected chi connectivity index (χ2v) is 3.70. The van der Waals surface area contributed by atoms with E-state index >= 15 is 0 Å². The van der Waals surface area contributed by atoms with E-state index in [1.807, 2.05) is 6.08 Å². The van der Waals surface area contributed by atoms with Gasteiger partial charge in [-0.1, -0.05) is 18.2 Å². The van der Waals surface area contributed by atoms with Crippen molar-refractivity contribution in [2.75, 3.05) is 0 Å². The number of halogens is 1. The third-order valence-corrected chi connectivity index (χ3v) is 2.33. The molecule has 0 aliphatic carbocycles. The van der Waals surface area contributed by atoms with Gasteiger partial charge in [0.25, 0.3) is 0 Å². The first-order valence-corrected chi connectivity index (χ1v) is 5.26. The summed E-state index contributed by atoms with van der Waals surface area (Å²) in [6.07, 6.45) is 4.76. The zero-order chi connectivity index (χ0) is 11.1. The number of hydrogen-bond acceptors (Lipinski definition) is 1. The number of aliphatic hydroxyl groups is 1. The molecule has 1 N–H and O–H groups in total. The van der Waals surface area contributed by atoms with Crippen LogP contribution in [0.1, 0.15) is 24.8 Å². The topological polar surface area (TPSA) is 20.2 Å². The number of rotatable bonds is 6. The van der Waals surface area contributed by atoms with Crippen molar-refractivity contribution >= 4 is 0 Å². The summed E-state index contributed by atoms with van der Waals surface area (Å²) in [4.78, 5) is 0. The summed E-state index contributed by atoms with van der Waals surface area (Å²) in [5, 5.41) is 9.67. The van der Waals surface area contributed by atoms with Crippen LogP contribution in [0.2, 0.25) is 0 Å². The van der Waals surface area contributed by atoms with Crippen LogP contribution < -0.4 is 0 Å². The Morgan fingerprint density at radius 1 is 1.33 bits per heavy atom. The zero-order valence-corrected chi connectivity index (χ0v) is 8.82. The summed E-state index contributed by atoms with van der Waals surface area (Å²) < 4.78 is 12.6. The van der Waals surface area contributed by atoms with Crippen LogP contribution in [-0.2, 0) is 6.42 Å². The Hall–Kier alpha value is -1.15. The molecule has 0 aliphatic heterocycles. The highest BCUT2D eigenvalue weighted by molar-refractivity contribution is 5.16. The zero-order valence-electron chi connectivity index (χ0n) is 8.82. The van der Waals surface area contributed by atoms with Crippen molar-refractivity contribution in [2.24, 2.45) is 0 Å². The van der Waals surface area contributed by atoms with Crippen LogP contribution in [0.3, 0.4) is 0 Å². The molecule has 82 valence electrons. The van der Waals surface area contributed by atoms with E-state index in [1.165, 1.54) is 12.1 Å². The van der Waals surface area contributed by atoms with Gasteiger partial charge >= 0.3 is 0 Å². The lowest BCUT2D eigenvalue weighted by molar-refractivity contribution is 0.162. The molecule has 0 aliphatic rings. The fourth-order valence-electron chi connectivity index (χ4n) is 1.49. The summed E-state index contributed by atoms with van der Waals surface area (Å²) in [7, 11) is 0. The third-order valence-electron chi connectivity index (χ3n) is 2.33. The van der Waals surface area contributed by atoms with E-state index in [0.717, 1.165) is 24.8 Å². The van der Waals surface area contributed by atoms with Crippen molar-refractivity contribution in [2.45, 2.75) is 31.8 Å². The van der Waals surface area contributed by atoms with Crippen LogP contribution >= 0.6 is 0 Å². The minimum Gasteiger partial charge on any atom is -0.393 e. The molecule has 1 rings (SSSR count). The first-order chi connectivity index (χ1) is 7.22. The van der Waals surface area contributed by atoms with Crippen molar-refractivity contribution in [1.29, 1.82) is 0 Å². The molecule has 1 unspecified atom stereocenters. The van der Waals surface area contributed by atoms with Gasteiger partial charge in [-0.3, -0.25) is 0 Å². The number of unbranched alkanes of at least 4 members (excludes halogenated alkanes) is 1. The molecule has 0 bridgehead atoms. The van der Waals surface area contributed by atoms with E-state index in [1.54, 1.807) is 12.1 Å². The lowest BCUT2D eigenvalue weighted by Crippen LogP contribution is -2.09. The Bertz CT molecular complexity index is 292. The van der Waals surface area contributed by atoms with Crippen LogP contribution in [0.4, 0.5) is 4.39 Å². The van der Waals surface area contributed by atoms with Gasteiger partial charge in [0, 0.05) is 0 Å². The van der Waals surface area contributed by atoms with E-state index in [-0.39, 0.29) is 11.9 Å². The summed E-state index contributed by atoms with van der Waals surface area (Å²) >= 11 is 0. The maximum Gasteiger partial charge on any atom is 0.123 e. The highest BCUT2D eigenvalue weighted by Gasteiger charge is 2.04. The molecular formula is C13H17FO. The highest BCUT2D eigenvalue weighted by atomic mass is 19.1. The Labute approximate surface area is 90.3 Å². The monoisotopic (exact) mass is 208 g/mol. The standard InChI is InChI=1S/C13H17FO/c1-2-3-4-5-13(15)10-11-6-8-12(14)9-7-11/h2,6-9,13,15H,1,3-5,10H2. The van der Waals surface area contributed by atoms with Crippen molar-refractivity contribution in [3.8, 4) is 0 Å². The second kappa shape index (κ2) is 6.36. The molecule has 1 nitrogen and oxygen atoms in total. The van der Waals surface area contributed by atoms with Crippen molar-refractivity contribution in [3.05, 3.63) is 48.3 Å². The molecule has 0 radical (unpaired) electrons. The van der Waals surface area contributed by atoms with Gasteiger partial charge in [0.05, 0.1) is 6.10 Å². The fourth-order valence-corrected chi connectivity index (χ4v) is 1.49. The quantitative estimate of drug-likeness (QED) is 0.562. The summed E-state index contributed by atoms with van der Waals surface area (Å²) in [5.41, 5.74) is 0.975. The van der Waals surface area contributed by atoms with E-state index in [0.29, 0.717) is 6.42 Å². The van der Waals surface area contributed by atoms with Crippen molar-refractivity contribution in [3.63, 3.8) is 0 Å². The Balaban J connectivity index is 2.34. The minimum atomic E-state index is -0.338. The lowest BCUT2D eigenvalue weighted by atomic mass is 10.0. The molecule has 1 aromatic rings. The van der Waals surface area contributed by atoms with Gasteiger partial charge in [-0.2, -0.15) is 0 Å². The predicted molar refractivity (Wildman–Crippen MR) is 60.2 cm³/mol. The molecule has 0 amide bonds. The van der Waals surface area contributed by atoms with Crippen molar-refractivity contribution < 1.29 is 9.50 Å². The Morgan fingerprint density at radius 3 is 2.60 bits per heavy atom. The van der Waals surface area contributed by atoms with Crippen LogP contribution in [0.5, 0.6) is 0 Å². The number of benzene rings is 1. The minimum absolute atomic E-state index is 0.236. The van der Waals surface area contributed by atoms with Crippen LogP contribution in [0, 0.1) is 5.82 Å². The van der Waals surface area contributed by atoms with Gasteiger partial charge in [-0.25, -0.2) is 4.39 Å². The van der Waals surface area contributed by atoms with Gasteiger partial charge in [-0.15, -0.1) is 6.58 Å². The third kappa shape index (κ3) is 4.75. The predicted octanol–water partition coefficient (Wildman–Crippen LogP) is 3.09. The molecule has 0 fully saturated rings. The first kappa shape index (κ1) is 11.9. The average Bonchev–Trinajstić information content (AvgIpc) is 2.22. The molecule has 0 aromatic heterocycles. The molecule has 1 aromatic carbocycles. The van der Waals surface area contributed by atoms with E-state index in [9.17, 15) is 9.50 Å². The van der Waals surface area contributed by atoms with Crippen LogP contribution in [0.15, 0.2) is 36.9 Å². The molecule has 0 heterocycles. The number of allylic oxidation sites excluding steroid dienone is 1. The molecular weight excluding hydrogens is 191 g/mol. The SMILES string of the molecule is C=CCCCC(O)Cc1ccc(F)cc1. The smallest absolute Gasteiger partial charge is 0.123 e. The summed E-state index contributed by atoms with van der Waals surface area (Å²) in [6.45, 7) is 3.63. The fraction of sp³-hybridized carbons (Fsp3) is 0.385. The van der Waals surface area contributed by atoms with Gasteiger partial charge < -0.3 is 5.11 Å². The highest BCUT2D eigenvalue weighted by Crippen LogP contribution is 2.10. The van der Waals surface area contributed by atoms with Crippen molar-refractivity contribution in [1.82, 2.24) is 0 Å². The molecule has 1 atom stereocenters. The molecule has 15 heavy (non-hydrogen) atoms.